The molecule has 0 aromatic heterocycles. The first-order valence-corrected chi connectivity index (χ1v) is 2.98. The molecular formula is C5H14Cl2N2O. The summed E-state index contributed by atoms with van der Waals surface area (Å²) >= 11 is 0. The van der Waals surface area contributed by atoms with Crippen LogP contribution in [0.25, 0.3) is 0 Å². The average Bonchev–Trinajstić information content (AvgIpc) is 2.19. The predicted molar refractivity (Wildman–Crippen MR) is 45.7 cm³/mol. The summed E-state index contributed by atoms with van der Waals surface area (Å²) in [6.07, 6.45) is 2.72. The van der Waals surface area contributed by atoms with E-state index in [1.165, 1.54) is 6.42 Å². The highest BCUT2D eigenvalue weighted by Crippen LogP contribution is 2.09. The topological polar surface area (TPSA) is 47.3 Å². The van der Waals surface area contributed by atoms with E-state index in [2.05, 4.69) is 5.43 Å². The molecule has 0 unspecified atom stereocenters. The molecule has 0 bridgehead atoms. The lowest BCUT2D eigenvalue weighted by atomic mass is 10.2. The van der Waals surface area contributed by atoms with Crippen molar-refractivity contribution in [1.29, 1.82) is 0 Å². The first-order chi connectivity index (χ1) is 3.93. The van der Waals surface area contributed by atoms with Gasteiger partial charge in [-0.1, -0.05) is 0 Å². The van der Waals surface area contributed by atoms with E-state index in [0.29, 0.717) is 6.10 Å². The Morgan fingerprint density at radius 1 is 1.50 bits per heavy atom. The quantitative estimate of drug-likeness (QED) is 0.490. The number of ether oxygens (including phenoxy) is 1. The van der Waals surface area contributed by atoms with Crippen molar-refractivity contribution in [2.45, 2.75) is 18.9 Å². The maximum absolute atomic E-state index is 5.25. The molecule has 0 aromatic rings. The molecule has 64 valence electrons. The van der Waals surface area contributed by atoms with Crippen molar-refractivity contribution in [3.8, 4) is 0 Å². The molecular weight excluding hydrogens is 175 g/mol. The van der Waals surface area contributed by atoms with Gasteiger partial charge in [-0.15, -0.1) is 24.8 Å². The van der Waals surface area contributed by atoms with Crippen LogP contribution in [0.4, 0.5) is 0 Å². The van der Waals surface area contributed by atoms with E-state index in [1.54, 1.807) is 0 Å². The van der Waals surface area contributed by atoms with Crippen molar-refractivity contribution in [3.05, 3.63) is 0 Å². The average molecular weight is 189 g/mol. The first kappa shape index (κ1) is 13.1. The smallest absolute Gasteiger partial charge is 0.0714 e. The van der Waals surface area contributed by atoms with Gasteiger partial charge in [0, 0.05) is 13.2 Å². The summed E-state index contributed by atoms with van der Waals surface area (Å²) in [5.74, 6) is 5.08. The van der Waals surface area contributed by atoms with Gasteiger partial charge in [-0.3, -0.25) is 11.3 Å². The second kappa shape index (κ2) is 7.57. The molecule has 1 saturated heterocycles. The van der Waals surface area contributed by atoms with Crippen molar-refractivity contribution in [2.24, 2.45) is 5.84 Å². The van der Waals surface area contributed by atoms with E-state index in [4.69, 9.17) is 10.6 Å². The first-order valence-electron chi connectivity index (χ1n) is 2.98. The second-order valence-electron chi connectivity index (χ2n) is 2.04. The van der Waals surface area contributed by atoms with Crippen LogP contribution in [0.3, 0.4) is 0 Å². The highest BCUT2D eigenvalue weighted by molar-refractivity contribution is 5.85. The van der Waals surface area contributed by atoms with Crippen LogP contribution in [0, 0.1) is 0 Å². The maximum Gasteiger partial charge on any atom is 0.0714 e. The summed E-state index contributed by atoms with van der Waals surface area (Å²) in [5.41, 5.74) is 2.58. The zero-order valence-corrected chi connectivity index (χ0v) is 7.34. The Labute approximate surface area is 73.5 Å². The minimum absolute atomic E-state index is 0. The van der Waals surface area contributed by atoms with Crippen LogP contribution in [-0.4, -0.2) is 19.3 Å². The van der Waals surface area contributed by atoms with Crippen molar-refractivity contribution in [3.63, 3.8) is 0 Å². The maximum atomic E-state index is 5.25. The second-order valence-corrected chi connectivity index (χ2v) is 2.04. The SMILES string of the molecule is Cl.Cl.NNC[C@H]1CCCO1. The summed E-state index contributed by atoms with van der Waals surface area (Å²) in [6, 6.07) is 0. The van der Waals surface area contributed by atoms with Crippen LogP contribution in [0.2, 0.25) is 0 Å². The molecule has 1 rings (SSSR count). The van der Waals surface area contributed by atoms with Gasteiger partial charge >= 0.3 is 0 Å². The van der Waals surface area contributed by atoms with Crippen LogP contribution in [-0.2, 0) is 4.74 Å². The minimum Gasteiger partial charge on any atom is -0.377 e. The summed E-state index contributed by atoms with van der Waals surface area (Å²) in [5, 5.41) is 0. The molecule has 0 radical (unpaired) electrons. The van der Waals surface area contributed by atoms with Crippen molar-refractivity contribution >= 4 is 24.8 Å². The van der Waals surface area contributed by atoms with E-state index in [1.807, 2.05) is 0 Å². The molecule has 0 amide bonds. The van der Waals surface area contributed by atoms with Crippen molar-refractivity contribution < 1.29 is 4.74 Å². The number of hydrogen-bond acceptors (Lipinski definition) is 3. The molecule has 0 saturated carbocycles. The lowest BCUT2D eigenvalue weighted by Crippen LogP contribution is -2.31. The van der Waals surface area contributed by atoms with E-state index in [-0.39, 0.29) is 24.8 Å². The predicted octanol–water partition coefficient (Wildman–Crippen LogP) is 0.472. The van der Waals surface area contributed by atoms with Gasteiger partial charge in [0.05, 0.1) is 6.10 Å². The van der Waals surface area contributed by atoms with Gasteiger partial charge in [0.15, 0.2) is 0 Å². The molecule has 1 heterocycles. The number of halogens is 2. The van der Waals surface area contributed by atoms with Gasteiger partial charge in [0.2, 0.25) is 0 Å². The Kier molecular flexibility index (Phi) is 9.90. The number of nitrogens with one attached hydrogen (secondary N) is 1. The summed E-state index contributed by atoms with van der Waals surface area (Å²) in [4.78, 5) is 0. The van der Waals surface area contributed by atoms with Gasteiger partial charge in [-0.05, 0) is 12.8 Å². The van der Waals surface area contributed by atoms with E-state index in [9.17, 15) is 0 Å². The largest absolute Gasteiger partial charge is 0.377 e. The fourth-order valence-electron chi connectivity index (χ4n) is 0.937. The molecule has 1 atom stereocenters. The molecule has 10 heavy (non-hydrogen) atoms. The molecule has 5 heteroatoms. The van der Waals surface area contributed by atoms with E-state index in [0.717, 1.165) is 19.6 Å². The minimum atomic E-state index is 0. The zero-order valence-electron chi connectivity index (χ0n) is 5.71. The summed E-state index contributed by atoms with van der Waals surface area (Å²) in [6.45, 7) is 1.70. The van der Waals surface area contributed by atoms with Crippen LogP contribution < -0.4 is 11.3 Å². The zero-order chi connectivity index (χ0) is 5.82. The van der Waals surface area contributed by atoms with Crippen LogP contribution in [0.1, 0.15) is 12.8 Å². The Balaban J connectivity index is 0. The third kappa shape index (κ3) is 4.30. The highest BCUT2D eigenvalue weighted by Gasteiger charge is 2.13. The lowest BCUT2D eigenvalue weighted by molar-refractivity contribution is 0.110. The number of nitrogens with two attached hydrogens (primary N) is 1. The normalized spacial score (nSPS) is 23.1. The van der Waals surface area contributed by atoms with Gasteiger partial charge in [0.1, 0.15) is 0 Å². The number of rotatable bonds is 2. The van der Waals surface area contributed by atoms with Gasteiger partial charge in [-0.2, -0.15) is 0 Å². The summed E-state index contributed by atoms with van der Waals surface area (Å²) in [7, 11) is 0. The molecule has 1 aliphatic heterocycles. The Hall–Kier alpha value is 0.460. The van der Waals surface area contributed by atoms with Crippen LogP contribution >= 0.6 is 24.8 Å². The molecule has 0 aromatic carbocycles. The number of hydrazine groups is 1. The van der Waals surface area contributed by atoms with Gasteiger partial charge in [0.25, 0.3) is 0 Å². The van der Waals surface area contributed by atoms with Crippen LogP contribution in [0.15, 0.2) is 0 Å². The third-order valence-electron chi connectivity index (χ3n) is 1.37. The van der Waals surface area contributed by atoms with Gasteiger partial charge < -0.3 is 4.74 Å². The van der Waals surface area contributed by atoms with Gasteiger partial charge in [-0.25, -0.2) is 0 Å². The molecule has 3 nitrogen and oxygen atoms in total. The molecule has 1 fully saturated rings. The Morgan fingerprint density at radius 3 is 2.60 bits per heavy atom. The van der Waals surface area contributed by atoms with E-state index >= 15 is 0 Å². The molecule has 0 spiro atoms. The third-order valence-corrected chi connectivity index (χ3v) is 1.37. The summed E-state index contributed by atoms with van der Waals surface area (Å²) < 4.78 is 5.25. The van der Waals surface area contributed by atoms with Crippen molar-refractivity contribution in [1.82, 2.24) is 5.43 Å². The number of hydrogen-bond donors (Lipinski definition) is 2. The monoisotopic (exact) mass is 188 g/mol. The Bertz CT molecular complexity index is 68.7. The fourth-order valence-corrected chi connectivity index (χ4v) is 0.937. The molecule has 0 aliphatic carbocycles. The standard InChI is InChI=1S/C5H12N2O.2ClH/c6-7-4-5-2-1-3-8-5;;/h5,7H,1-4,6H2;2*1H/t5-;;/m1../s1. The Morgan fingerprint density at radius 2 is 2.20 bits per heavy atom. The van der Waals surface area contributed by atoms with E-state index < -0.39 is 0 Å². The fraction of sp³-hybridized carbons (Fsp3) is 1.00. The molecule has 1 aliphatic rings. The lowest BCUT2D eigenvalue weighted by Gasteiger charge is -2.05. The molecule has 3 N–H and O–H groups in total. The van der Waals surface area contributed by atoms with Crippen LogP contribution in [0.5, 0.6) is 0 Å². The highest BCUT2D eigenvalue weighted by atomic mass is 35.5. The van der Waals surface area contributed by atoms with Crippen molar-refractivity contribution in [2.75, 3.05) is 13.2 Å².